The molecule has 0 unspecified atom stereocenters. The standard InChI is InChI=1S/C16H19N3OS/c1-9-7-12(20-4)5-6-13(9)19-14-8-10(2)18-11(3)15(14)16(17)21/h5-8H,1-4H3,(H2,17,21)(H,18,19). The molecule has 2 rings (SSSR count). The summed E-state index contributed by atoms with van der Waals surface area (Å²) in [7, 11) is 1.66. The number of benzene rings is 1. The van der Waals surface area contributed by atoms with Crippen LogP contribution in [-0.2, 0) is 0 Å². The van der Waals surface area contributed by atoms with Gasteiger partial charge in [-0.05, 0) is 50.6 Å². The van der Waals surface area contributed by atoms with Crippen LogP contribution in [0.1, 0.15) is 22.5 Å². The summed E-state index contributed by atoms with van der Waals surface area (Å²) >= 11 is 5.15. The van der Waals surface area contributed by atoms with Gasteiger partial charge in [0.2, 0.25) is 0 Å². The minimum absolute atomic E-state index is 0.341. The van der Waals surface area contributed by atoms with E-state index >= 15 is 0 Å². The molecule has 0 fully saturated rings. The molecule has 0 bridgehead atoms. The number of rotatable bonds is 4. The molecule has 0 spiro atoms. The third-order valence-corrected chi connectivity index (χ3v) is 3.48. The van der Waals surface area contributed by atoms with Crippen LogP contribution in [0.4, 0.5) is 11.4 Å². The van der Waals surface area contributed by atoms with E-state index < -0.39 is 0 Å². The van der Waals surface area contributed by atoms with E-state index in [0.717, 1.165) is 39.6 Å². The van der Waals surface area contributed by atoms with Gasteiger partial charge in [-0.15, -0.1) is 0 Å². The maximum absolute atomic E-state index is 5.83. The normalized spacial score (nSPS) is 10.3. The largest absolute Gasteiger partial charge is 0.497 e. The fourth-order valence-corrected chi connectivity index (χ4v) is 2.54. The van der Waals surface area contributed by atoms with Gasteiger partial charge in [-0.1, -0.05) is 12.2 Å². The molecule has 0 radical (unpaired) electrons. The third kappa shape index (κ3) is 3.31. The number of aromatic nitrogens is 1. The van der Waals surface area contributed by atoms with Gasteiger partial charge >= 0.3 is 0 Å². The second-order valence-corrected chi connectivity index (χ2v) is 5.38. The van der Waals surface area contributed by atoms with Gasteiger partial charge in [-0.3, -0.25) is 4.98 Å². The van der Waals surface area contributed by atoms with E-state index in [1.807, 2.05) is 45.0 Å². The summed E-state index contributed by atoms with van der Waals surface area (Å²) in [4.78, 5) is 4.76. The van der Waals surface area contributed by atoms with Crippen molar-refractivity contribution in [2.75, 3.05) is 12.4 Å². The van der Waals surface area contributed by atoms with Crippen LogP contribution in [-0.4, -0.2) is 17.1 Å². The van der Waals surface area contributed by atoms with E-state index in [0.29, 0.717) is 4.99 Å². The molecular weight excluding hydrogens is 282 g/mol. The summed E-state index contributed by atoms with van der Waals surface area (Å²) in [6.07, 6.45) is 0. The summed E-state index contributed by atoms with van der Waals surface area (Å²) < 4.78 is 5.22. The number of pyridine rings is 1. The second kappa shape index (κ2) is 6.10. The highest BCUT2D eigenvalue weighted by molar-refractivity contribution is 7.80. The summed E-state index contributed by atoms with van der Waals surface area (Å²) in [6.45, 7) is 5.88. The van der Waals surface area contributed by atoms with Crippen LogP contribution >= 0.6 is 12.2 Å². The minimum Gasteiger partial charge on any atom is -0.497 e. The Labute approximate surface area is 130 Å². The lowest BCUT2D eigenvalue weighted by atomic mass is 10.1. The lowest BCUT2D eigenvalue weighted by Gasteiger charge is -2.16. The van der Waals surface area contributed by atoms with E-state index in [1.165, 1.54) is 0 Å². The molecule has 0 saturated heterocycles. The number of thiocarbonyl (C=S) groups is 1. The molecule has 4 nitrogen and oxygen atoms in total. The van der Waals surface area contributed by atoms with Crippen LogP contribution in [0.25, 0.3) is 0 Å². The maximum Gasteiger partial charge on any atom is 0.119 e. The van der Waals surface area contributed by atoms with E-state index in [9.17, 15) is 0 Å². The molecule has 0 aliphatic heterocycles. The van der Waals surface area contributed by atoms with Crippen molar-refractivity contribution in [2.24, 2.45) is 5.73 Å². The Bertz CT molecular complexity index is 698. The Hall–Kier alpha value is -2.14. The minimum atomic E-state index is 0.341. The highest BCUT2D eigenvalue weighted by Crippen LogP contribution is 2.28. The first-order valence-corrected chi connectivity index (χ1v) is 7.03. The zero-order chi connectivity index (χ0) is 15.6. The van der Waals surface area contributed by atoms with Crippen molar-refractivity contribution < 1.29 is 4.74 Å². The molecule has 0 amide bonds. The van der Waals surface area contributed by atoms with Gasteiger partial charge in [0.05, 0.1) is 18.4 Å². The number of hydrogen-bond donors (Lipinski definition) is 2. The zero-order valence-electron chi connectivity index (χ0n) is 12.7. The molecule has 1 aromatic heterocycles. The second-order valence-electron chi connectivity index (χ2n) is 4.94. The number of nitrogens with zero attached hydrogens (tertiary/aromatic N) is 1. The molecule has 2 aromatic rings. The van der Waals surface area contributed by atoms with Gasteiger partial charge in [0.15, 0.2) is 0 Å². The Balaban J connectivity index is 2.46. The smallest absolute Gasteiger partial charge is 0.119 e. The topological polar surface area (TPSA) is 60.2 Å². The van der Waals surface area contributed by atoms with Crippen molar-refractivity contribution in [3.8, 4) is 5.75 Å². The van der Waals surface area contributed by atoms with Crippen LogP contribution in [0.15, 0.2) is 24.3 Å². The van der Waals surface area contributed by atoms with Gasteiger partial charge in [0, 0.05) is 17.1 Å². The molecule has 0 aliphatic carbocycles. The lowest BCUT2D eigenvalue weighted by molar-refractivity contribution is 0.414. The van der Waals surface area contributed by atoms with Crippen molar-refractivity contribution in [3.63, 3.8) is 0 Å². The molecule has 0 atom stereocenters. The number of anilines is 2. The molecule has 0 aliphatic rings. The Morgan fingerprint density at radius 1 is 1.19 bits per heavy atom. The van der Waals surface area contributed by atoms with Crippen molar-refractivity contribution >= 4 is 28.6 Å². The van der Waals surface area contributed by atoms with Crippen LogP contribution in [0, 0.1) is 20.8 Å². The third-order valence-electron chi connectivity index (χ3n) is 3.28. The first-order chi connectivity index (χ1) is 9.92. The first kappa shape index (κ1) is 15.3. The van der Waals surface area contributed by atoms with Gasteiger partial charge in [-0.2, -0.15) is 0 Å². The van der Waals surface area contributed by atoms with E-state index in [2.05, 4.69) is 10.3 Å². The zero-order valence-corrected chi connectivity index (χ0v) is 13.5. The molecule has 110 valence electrons. The summed E-state index contributed by atoms with van der Waals surface area (Å²) in [5.41, 5.74) is 11.3. The van der Waals surface area contributed by atoms with Gasteiger partial charge in [0.25, 0.3) is 0 Å². The van der Waals surface area contributed by atoms with Crippen LogP contribution in [0.3, 0.4) is 0 Å². The number of methoxy groups -OCH3 is 1. The number of nitrogens with one attached hydrogen (secondary N) is 1. The van der Waals surface area contributed by atoms with Crippen molar-refractivity contribution in [1.29, 1.82) is 0 Å². The predicted octanol–water partition coefficient (Wildman–Crippen LogP) is 3.39. The van der Waals surface area contributed by atoms with Crippen molar-refractivity contribution in [3.05, 3.63) is 46.8 Å². The monoisotopic (exact) mass is 301 g/mol. The number of hydrogen-bond acceptors (Lipinski definition) is 4. The molecule has 5 heteroatoms. The van der Waals surface area contributed by atoms with E-state index in [-0.39, 0.29) is 0 Å². The van der Waals surface area contributed by atoms with E-state index in [1.54, 1.807) is 7.11 Å². The SMILES string of the molecule is COc1ccc(Nc2cc(C)nc(C)c2C(N)=S)c(C)c1. The summed E-state index contributed by atoms with van der Waals surface area (Å²) in [6, 6.07) is 7.81. The first-order valence-electron chi connectivity index (χ1n) is 6.62. The Morgan fingerprint density at radius 3 is 2.48 bits per heavy atom. The molecule has 1 heterocycles. The van der Waals surface area contributed by atoms with Gasteiger partial charge < -0.3 is 15.8 Å². The molecule has 3 N–H and O–H groups in total. The Morgan fingerprint density at radius 2 is 1.90 bits per heavy atom. The van der Waals surface area contributed by atoms with Crippen LogP contribution in [0.5, 0.6) is 5.75 Å². The summed E-state index contributed by atoms with van der Waals surface area (Å²) in [5.74, 6) is 0.828. The maximum atomic E-state index is 5.83. The fourth-order valence-electron chi connectivity index (χ4n) is 2.29. The predicted molar refractivity (Wildman–Crippen MR) is 90.6 cm³/mol. The quantitative estimate of drug-likeness (QED) is 0.848. The van der Waals surface area contributed by atoms with Crippen molar-refractivity contribution in [1.82, 2.24) is 4.98 Å². The molecular formula is C16H19N3OS. The highest BCUT2D eigenvalue weighted by atomic mass is 32.1. The number of nitrogens with two attached hydrogens (primary N) is 1. The van der Waals surface area contributed by atoms with E-state index in [4.69, 9.17) is 22.7 Å². The van der Waals surface area contributed by atoms with Crippen molar-refractivity contribution in [2.45, 2.75) is 20.8 Å². The summed E-state index contributed by atoms with van der Waals surface area (Å²) in [5, 5.41) is 3.39. The number of aryl methyl sites for hydroxylation is 3. The lowest BCUT2D eigenvalue weighted by Crippen LogP contribution is -2.15. The van der Waals surface area contributed by atoms with Crippen LogP contribution < -0.4 is 15.8 Å². The van der Waals surface area contributed by atoms with Gasteiger partial charge in [0.1, 0.15) is 10.7 Å². The molecule has 0 saturated carbocycles. The molecule has 1 aromatic carbocycles. The Kier molecular flexibility index (Phi) is 4.43. The fraction of sp³-hybridized carbons (Fsp3) is 0.250. The van der Waals surface area contributed by atoms with Gasteiger partial charge in [-0.25, -0.2) is 0 Å². The average molecular weight is 301 g/mol. The highest BCUT2D eigenvalue weighted by Gasteiger charge is 2.12. The number of ether oxygens (including phenoxy) is 1. The molecule has 21 heavy (non-hydrogen) atoms. The van der Waals surface area contributed by atoms with Crippen LogP contribution in [0.2, 0.25) is 0 Å². The average Bonchev–Trinajstić information content (AvgIpc) is 2.39.